The molecule has 0 bridgehead atoms. The Morgan fingerprint density at radius 2 is 1.59 bits per heavy atom. The van der Waals surface area contributed by atoms with Crippen molar-refractivity contribution in [3.8, 4) is 0 Å². The van der Waals surface area contributed by atoms with E-state index in [4.69, 9.17) is 4.74 Å². The zero-order chi connectivity index (χ0) is 20.5. The molecule has 0 unspecified atom stereocenters. The molecule has 0 aromatic heterocycles. The van der Waals surface area contributed by atoms with Crippen LogP contribution in [0.4, 0.5) is 0 Å². The van der Waals surface area contributed by atoms with Crippen LogP contribution in [0.1, 0.15) is 32.6 Å². The fraction of sp³-hybridized carbons (Fsp3) is 0.562. The van der Waals surface area contributed by atoms with Gasteiger partial charge in [-0.1, -0.05) is 0 Å². The van der Waals surface area contributed by atoms with Crippen molar-refractivity contribution in [1.29, 1.82) is 0 Å². The molecule has 9 N–H and O–H groups in total. The molecule has 152 valence electrons. The summed E-state index contributed by atoms with van der Waals surface area (Å²) in [6, 6.07) is 1.04. The third-order valence-corrected chi connectivity index (χ3v) is 4.63. The van der Waals surface area contributed by atoms with Gasteiger partial charge in [-0.25, -0.2) is 4.79 Å². The molecule has 0 spiro atoms. The largest absolute Gasteiger partial charge is 0.478 e. The lowest BCUT2D eigenvalue weighted by molar-refractivity contribution is -0.358. The number of benzene rings is 1. The smallest absolute Gasteiger partial charge is 0.336 e. The summed E-state index contributed by atoms with van der Waals surface area (Å²) in [5.74, 6) is -4.44. The van der Waals surface area contributed by atoms with E-state index in [1.54, 1.807) is 0 Å². The number of carboxylic acid groups (broad SMARTS) is 1. The molecule has 0 aliphatic carbocycles. The highest BCUT2D eigenvalue weighted by atomic mass is 16.7. The highest BCUT2D eigenvalue weighted by Crippen LogP contribution is 2.41. The van der Waals surface area contributed by atoms with E-state index in [2.05, 4.69) is 0 Å². The van der Waals surface area contributed by atoms with Crippen LogP contribution in [0, 0.1) is 0 Å². The molecule has 11 nitrogen and oxygen atoms in total. The topological polar surface area (TPSA) is 208 Å². The molecular weight excluding hydrogens is 368 g/mol. The molecule has 1 fully saturated rings. The van der Waals surface area contributed by atoms with Crippen molar-refractivity contribution in [2.24, 2.45) is 0 Å². The highest BCUT2D eigenvalue weighted by molar-refractivity contribution is 5.92. The fourth-order valence-electron chi connectivity index (χ4n) is 3.35. The van der Waals surface area contributed by atoms with Gasteiger partial charge in [-0.2, -0.15) is 0 Å². The van der Waals surface area contributed by atoms with Crippen molar-refractivity contribution in [3.63, 3.8) is 0 Å². The average Bonchev–Trinajstić information content (AvgIpc) is 2.66. The van der Waals surface area contributed by atoms with Crippen LogP contribution < -0.4 is 0 Å². The van der Waals surface area contributed by atoms with Gasteiger partial charge in [-0.3, -0.25) is 0 Å². The second-order valence-electron chi connectivity index (χ2n) is 6.16. The van der Waals surface area contributed by atoms with Crippen molar-refractivity contribution in [2.45, 2.75) is 50.0 Å². The standard InChI is InChI=1S/C16H22O11/c17-2-6-1-7(3-18)11(8(4-19)10(6)15(24)25)16(26)14(23)13(22)12(21)9(5-20)27-16/h1,9,12-14,17-23,26H,2-5H2,(H,24,25)/t9-,12-,13+,14-,16-/m1/s1. The van der Waals surface area contributed by atoms with Crippen molar-refractivity contribution in [1.82, 2.24) is 0 Å². The van der Waals surface area contributed by atoms with E-state index in [0.29, 0.717) is 0 Å². The van der Waals surface area contributed by atoms with Gasteiger partial charge in [0.25, 0.3) is 0 Å². The number of carboxylic acids is 1. The third-order valence-electron chi connectivity index (χ3n) is 4.63. The summed E-state index contributed by atoms with van der Waals surface area (Å²) in [7, 11) is 0. The van der Waals surface area contributed by atoms with E-state index >= 15 is 0 Å². The SMILES string of the molecule is O=C(O)c1c(CO)cc(CO)c([C@@]2(O)O[C@H](CO)[C@@H](O)[C@H](O)[C@H]2O)c1CO. The number of rotatable bonds is 6. The highest BCUT2D eigenvalue weighted by Gasteiger charge is 2.55. The number of aromatic carboxylic acids is 1. The number of ether oxygens (including phenoxy) is 1. The Labute approximate surface area is 152 Å². The first-order valence-corrected chi connectivity index (χ1v) is 7.97. The summed E-state index contributed by atoms with van der Waals surface area (Å²) in [6.45, 7) is -3.42. The number of aliphatic hydroxyl groups is 8. The quantitative estimate of drug-likeness (QED) is 0.232. The van der Waals surface area contributed by atoms with Crippen molar-refractivity contribution < 1.29 is 55.5 Å². The summed E-state index contributed by atoms with van der Waals surface area (Å²) in [6.07, 6.45) is -7.54. The van der Waals surface area contributed by atoms with Gasteiger partial charge >= 0.3 is 5.97 Å². The van der Waals surface area contributed by atoms with Crippen LogP contribution in [0.3, 0.4) is 0 Å². The van der Waals surface area contributed by atoms with Crippen molar-refractivity contribution in [3.05, 3.63) is 33.9 Å². The Balaban J connectivity index is 2.82. The zero-order valence-corrected chi connectivity index (χ0v) is 14.1. The molecule has 1 saturated heterocycles. The first-order valence-electron chi connectivity index (χ1n) is 7.97. The van der Waals surface area contributed by atoms with E-state index < -0.39 is 79.3 Å². The van der Waals surface area contributed by atoms with Gasteiger partial charge < -0.3 is 50.7 Å². The predicted molar refractivity (Wildman–Crippen MR) is 85.0 cm³/mol. The van der Waals surface area contributed by atoms with Crippen molar-refractivity contribution in [2.75, 3.05) is 6.61 Å². The Morgan fingerprint density at radius 3 is 2.04 bits per heavy atom. The summed E-state index contributed by atoms with van der Waals surface area (Å²) in [5.41, 5.74) is -1.97. The van der Waals surface area contributed by atoms with Gasteiger partial charge in [-0.05, 0) is 17.2 Å². The van der Waals surface area contributed by atoms with E-state index in [1.165, 1.54) is 0 Å². The molecule has 1 aromatic carbocycles. The lowest BCUT2D eigenvalue weighted by Gasteiger charge is -2.46. The maximum atomic E-state index is 11.6. The average molecular weight is 390 g/mol. The summed E-state index contributed by atoms with van der Waals surface area (Å²) in [5, 5.41) is 88.6. The number of hydrogen-bond acceptors (Lipinski definition) is 10. The molecule has 2 rings (SSSR count). The number of aliphatic hydroxyl groups excluding tert-OH is 7. The van der Waals surface area contributed by atoms with Gasteiger partial charge in [-0.15, -0.1) is 0 Å². The lowest BCUT2D eigenvalue weighted by atomic mass is 9.81. The zero-order valence-electron chi connectivity index (χ0n) is 14.1. The Bertz CT molecular complexity index is 704. The predicted octanol–water partition coefficient (Wildman–Crippen LogP) is -3.52. The Kier molecular flexibility index (Phi) is 6.52. The summed E-state index contributed by atoms with van der Waals surface area (Å²) >= 11 is 0. The second-order valence-corrected chi connectivity index (χ2v) is 6.16. The maximum Gasteiger partial charge on any atom is 0.336 e. The van der Waals surface area contributed by atoms with Crippen LogP contribution in [0.15, 0.2) is 6.07 Å². The van der Waals surface area contributed by atoms with Crippen LogP contribution >= 0.6 is 0 Å². The minimum atomic E-state index is -2.87. The van der Waals surface area contributed by atoms with Gasteiger partial charge in [0.2, 0.25) is 5.79 Å². The van der Waals surface area contributed by atoms with Crippen molar-refractivity contribution >= 4 is 5.97 Å². The first kappa shape index (κ1) is 21.6. The van der Waals surface area contributed by atoms with Crippen LogP contribution in [-0.2, 0) is 30.3 Å². The minimum Gasteiger partial charge on any atom is -0.478 e. The van der Waals surface area contributed by atoms with Crippen LogP contribution in [0.2, 0.25) is 0 Å². The molecule has 1 heterocycles. The molecule has 0 radical (unpaired) electrons. The third kappa shape index (κ3) is 3.45. The molecule has 5 atom stereocenters. The fourth-order valence-corrected chi connectivity index (χ4v) is 3.35. The molecule has 0 saturated carbocycles. The van der Waals surface area contributed by atoms with Gasteiger partial charge in [0.1, 0.15) is 24.4 Å². The van der Waals surface area contributed by atoms with Gasteiger partial charge in [0.15, 0.2) is 0 Å². The molecular formula is C16H22O11. The first-order chi connectivity index (χ1) is 12.7. The van der Waals surface area contributed by atoms with Crippen LogP contribution in [0.5, 0.6) is 0 Å². The second kappa shape index (κ2) is 8.14. The Morgan fingerprint density at radius 1 is 1.00 bits per heavy atom. The molecule has 1 aromatic rings. The molecule has 0 amide bonds. The number of carbonyl (C=O) groups is 1. The summed E-state index contributed by atoms with van der Waals surface area (Å²) in [4.78, 5) is 11.6. The van der Waals surface area contributed by atoms with Gasteiger partial charge in [0.05, 0.1) is 32.0 Å². The van der Waals surface area contributed by atoms with Crippen LogP contribution in [0.25, 0.3) is 0 Å². The number of hydrogen-bond donors (Lipinski definition) is 9. The monoisotopic (exact) mass is 390 g/mol. The Hall–Kier alpha value is -1.67. The molecule has 11 heteroatoms. The summed E-state index contributed by atoms with van der Waals surface area (Å²) < 4.78 is 5.17. The van der Waals surface area contributed by atoms with E-state index in [1.807, 2.05) is 0 Å². The van der Waals surface area contributed by atoms with Gasteiger partial charge in [0, 0.05) is 11.1 Å². The minimum absolute atomic E-state index is 0.174. The van der Waals surface area contributed by atoms with Crippen LogP contribution in [-0.4, -0.2) is 83.0 Å². The van der Waals surface area contributed by atoms with E-state index in [9.17, 15) is 50.8 Å². The normalized spacial score (nSPS) is 31.1. The maximum absolute atomic E-state index is 11.6. The molecule has 1 aliphatic rings. The lowest BCUT2D eigenvalue weighted by Crippen LogP contribution is -2.64. The van der Waals surface area contributed by atoms with E-state index in [0.717, 1.165) is 6.07 Å². The van der Waals surface area contributed by atoms with E-state index in [-0.39, 0.29) is 11.1 Å². The molecule has 1 aliphatic heterocycles. The molecule has 27 heavy (non-hydrogen) atoms.